The van der Waals surface area contributed by atoms with Crippen LogP contribution in [0.4, 0.5) is 0 Å². The number of aromatic nitrogens is 2. The number of rotatable bonds is 8. The highest BCUT2D eigenvalue weighted by Crippen LogP contribution is 2.27. The largest absolute Gasteiger partial charge is 0.497 e. The van der Waals surface area contributed by atoms with Gasteiger partial charge in [0.05, 0.1) is 26.5 Å². The Kier molecular flexibility index (Phi) is 5.94. The number of nitrogens with zero attached hydrogens (tertiary/aromatic N) is 3. The fourth-order valence-electron chi connectivity index (χ4n) is 3.30. The quantitative estimate of drug-likeness (QED) is 0.736. The minimum absolute atomic E-state index is 0.306. The summed E-state index contributed by atoms with van der Waals surface area (Å²) < 4.78 is 18.5. The number of hydrogen-bond acceptors (Lipinski definition) is 5. The fourth-order valence-corrected chi connectivity index (χ4v) is 3.30. The van der Waals surface area contributed by atoms with Gasteiger partial charge in [-0.1, -0.05) is 6.07 Å². The molecule has 0 bridgehead atoms. The third-order valence-electron chi connectivity index (χ3n) is 4.54. The lowest BCUT2D eigenvalue weighted by atomic mass is 10.1. The maximum absolute atomic E-state index is 5.84. The molecule has 1 atom stereocenters. The lowest BCUT2D eigenvalue weighted by molar-refractivity contribution is 0.0676. The first-order valence-electron chi connectivity index (χ1n) is 8.70. The van der Waals surface area contributed by atoms with Crippen LogP contribution in [0.1, 0.15) is 24.0 Å². The van der Waals surface area contributed by atoms with Gasteiger partial charge >= 0.3 is 0 Å². The minimum atomic E-state index is 0.306. The van der Waals surface area contributed by atoms with Crippen molar-refractivity contribution in [2.45, 2.75) is 32.0 Å². The summed E-state index contributed by atoms with van der Waals surface area (Å²) in [6, 6.07) is 5.99. The molecule has 0 N–H and O–H groups in total. The molecule has 1 aromatic carbocycles. The van der Waals surface area contributed by atoms with Crippen molar-refractivity contribution in [3.8, 4) is 11.5 Å². The van der Waals surface area contributed by atoms with Gasteiger partial charge in [0, 0.05) is 56.7 Å². The van der Waals surface area contributed by atoms with Gasteiger partial charge in [-0.15, -0.1) is 0 Å². The zero-order valence-corrected chi connectivity index (χ0v) is 15.3. The molecular weight excluding hydrogens is 318 g/mol. The molecule has 2 heterocycles. The zero-order valence-electron chi connectivity index (χ0n) is 15.3. The van der Waals surface area contributed by atoms with Gasteiger partial charge in [0.15, 0.2) is 0 Å². The molecule has 0 spiro atoms. The zero-order chi connectivity index (χ0) is 17.6. The SMILES string of the molecule is COc1ccc(CN(Cc2cnn(C)c2)C[C@H]2CCCO2)c(OC)c1. The molecule has 1 fully saturated rings. The van der Waals surface area contributed by atoms with E-state index in [4.69, 9.17) is 14.2 Å². The van der Waals surface area contributed by atoms with Crippen LogP contribution in [-0.2, 0) is 24.9 Å². The summed E-state index contributed by atoms with van der Waals surface area (Å²) in [5, 5.41) is 4.28. The van der Waals surface area contributed by atoms with Crippen molar-refractivity contribution in [3.63, 3.8) is 0 Å². The van der Waals surface area contributed by atoms with Crippen LogP contribution in [0.15, 0.2) is 30.6 Å². The van der Waals surface area contributed by atoms with Gasteiger partial charge in [-0.3, -0.25) is 9.58 Å². The van der Waals surface area contributed by atoms with Crippen LogP contribution in [0.3, 0.4) is 0 Å². The Morgan fingerprint density at radius 1 is 1.28 bits per heavy atom. The second-order valence-corrected chi connectivity index (χ2v) is 6.50. The van der Waals surface area contributed by atoms with E-state index in [0.717, 1.165) is 56.1 Å². The Balaban J connectivity index is 1.76. The smallest absolute Gasteiger partial charge is 0.127 e. The van der Waals surface area contributed by atoms with Gasteiger partial charge in [0.25, 0.3) is 0 Å². The van der Waals surface area contributed by atoms with Crippen molar-refractivity contribution in [1.82, 2.24) is 14.7 Å². The first-order valence-corrected chi connectivity index (χ1v) is 8.70. The van der Waals surface area contributed by atoms with Gasteiger partial charge in [0.1, 0.15) is 11.5 Å². The van der Waals surface area contributed by atoms with E-state index in [9.17, 15) is 0 Å². The van der Waals surface area contributed by atoms with Crippen molar-refractivity contribution in [3.05, 3.63) is 41.7 Å². The second kappa shape index (κ2) is 8.36. The van der Waals surface area contributed by atoms with E-state index in [0.29, 0.717) is 6.10 Å². The first-order chi connectivity index (χ1) is 12.2. The van der Waals surface area contributed by atoms with Crippen LogP contribution in [0.2, 0.25) is 0 Å². The first kappa shape index (κ1) is 17.8. The molecule has 1 aliphatic rings. The predicted molar refractivity (Wildman–Crippen MR) is 95.8 cm³/mol. The number of ether oxygens (including phenoxy) is 3. The predicted octanol–water partition coefficient (Wildman–Crippen LogP) is 2.62. The molecule has 136 valence electrons. The Hall–Kier alpha value is -2.05. The highest BCUT2D eigenvalue weighted by atomic mass is 16.5. The maximum Gasteiger partial charge on any atom is 0.127 e. The molecule has 1 aromatic heterocycles. The lowest BCUT2D eigenvalue weighted by Crippen LogP contribution is -2.31. The summed E-state index contributed by atoms with van der Waals surface area (Å²) in [6.07, 6.45) is 6.57. The Labute approximate surface area is 149 Å². The molecule has 0 radical (unpaired) electrons. The Bertz CT molecular complexity index is 680. The van der Waals surface area contributed by atoms with E-state index in [2.05, 4.69) is 22.3 Å². The molecule has 6 nitrogen and oxygen atoms in total. The van der Waals surface area contributed by atoms with Crippen LogP contribution >= 0.6 is 0 Å². The summed E-state index contributed by atoms with van der Waals surface area (Å²) in [5.74, 6) is 1.65. The van der Waals surface area contributed by atoms with E-state index in [-0.39, 0.29) is 0 Å². The van der Waals surface area contributed by atoms with E-state index in [1.54, 1.807) is 14.2 Å². The normalized spacial score (nSPS) is 17.2. The molecule has 1 aliphatic heterocycles. The van der Waals surface area contributed by atoms with Crippen molar-refractivity contribution in [2.75, 3.05) is 27.4 Å². The number of hydrogen-bond donors (Lipinski definition) is 0. The highest BCUT2D eigenvalue weighted by Gasteiger charge is 2.21. The molecule has 0 aliphatic carbocycles. The number of aryl methyl sites for hydroxylation is 1. The third-order valence-corrected chi connectivity index (χ3v) is 4.54. The van der Waals surface area contributed by atoms with Crippen LogP contribution in [0, 0.1) is 0 Å². The van der Waals surface area contributed by atoms with E-state index >= 15 is 0 Å². The third kappa shape index (κ3) is 4.74. The van der Waals surface area contributed by atoms with Crippen LogP contribution < -0.4 is 9.47 Å². The van der Waals surface area contributed by atoms with Crippen LogP contribution in [-0.4, -0.2) is 48.2 Å². The lowest BCUT2D eigenvalue weighted by Gasteiger charge is -2.25. The topological polar surface area (TPSA) is 48.8 Å². The molecule has 3 rings (SSSR count). The molecule has 6 heteroatoms. The van der Waals surface area contributed by atoms with Crippen molar-refractivity contribution < 1.29 is 14.2 Å². The second-order valence-electron chi connectivity index (χ2n) is 6.50. The van der Waals surface area contributed by atoms with Crippen molar-refractivity contribution in [1.29, 1.82) is 0 Å². The van der Waals surface area contributed by atoms with Crippen LogP contribution in [0.25, 0.3) is 0 Å². The molecule has 0 amide bonds. The Morgan fingerprint density at radius 2 is 2.16 bits per heavy atom. The molecule has 1 saturated heterocycles. The monoisotopic (exact) mass is 345 g/mol. The van der Waals surface area contributed by atoms with Gasteiger partial charge in [0.2, 0.25) is 0 Å². The maximum atomic E-state index is 5.84. The van der Waals surface area contributed by atoms with E-state index < -0.39 is 0 Å². The average Bonchev–Trinajstić information content (AvgIpc) is 3.27. The molecule has 2 aromatic rings. The number of methoxy groups -OCH3 is 2. The summed E-state index contributed by atoms with van der Waals surface area (Å²) in [6.45, 7) is 3.41. The summed E-state index contributed by atoms with van der Waals surface area (Å²) in [7, 11) is 5.31. The summed E-state index contributed by atoms with van der Waals surface area (Å²) >= 11 is 0. The average molecular weight is 345 g/mol. The van der Waals surface area contributed by atoms with Crippen molar-refractivity contribution >= 4 is 0 Å². The standard InChI is InChI=1S/C19H27N3O3/c1-21-11-15(10-20-21)12-22(14-18-5-4-8-25-18)13-16-6-7-17(23-2)9-19(16)24-3/h6-7,9-11,18H,4-5,8,12-14H2,1-3H3/t18-/m1/s1. The molecule has 0 unspecified atom stereocenters. The van der Waals surface area contributed by atoms with Gasteiger partial charge in [-0.25, -0.2) is 0 Å². The van der Waals surface area contributed by atoms with Gasteiger partial charge in [-0.05, 0) is 18.9 Å². The number of benzene rings is 1. The van der Waals surface area contributed by atoms with Gasteiger partial charge in [-0.2, -0.15) is 5.10 Å². The fraction of sp³-hybridized carbons (Fsp3) is 0.526. The minimum Gasteiger partial charge on any atom is -0.497 e. The van der Waals surface area contributed by atoms with Crippen molar-refractivity contribution in [2.24, 2.45) is 7.05 Å². The Morgan fingerprint density at radius 3 is 2.80 bits per heavy atom. The van der Waals surface area contributed by atoms with Crippen LogP contribution in [0.5, 0.6) is 11.5 Å². The van der Waals surface area contributed by atoms with Gasteiger partial charge < -0.3 is 14.2 Å². The van der Waals surface area contributed by atoms with E-state index in [1.165, 1.54) is 5.56 Å². The molecule has 0 saturated carbocycles. The summed E-state index contributed by atoms with van der Waals surface area (Å²) in [5.41, 5.74) is 2.35. The molecular formula is C19H27N3O3. The highest BCUT2D eigenvalue weighted by molar-refractivity contribution is 5.40. The van der Waals surface area contributed by atoms with E-state index in [1.807, 2.05) is 30.1 Å². The summed E-state index contributed by atoms with van der Waals surface area (Å²) in [4.78, 5) is 2.40. The molecule has 25 heavy (non-hydrogen) atoms.